The lowest BCUT2D eigenvalue weighted by atomic mass is 10.0. The molecule has 0 bridgehead atoms. The van der Waals surface area contributed by atoms with Crippen LogP contribution in [0.1, 0.15) is 43.7 Å². The molecular weight excluding hydrogens is 348 g/mol. The predicted octanol–water partition coefficient (Wildman–Crippen LogP) is 2.13. The van der Waals surface area contributed by atoms with E-state index in [-0.39, 0.29) is 24.8 Å². The summed E-state index contributed by atoms with van der Waals surface area (Å²) in [7, 11) is 0. The zero-order valence-electron chi connectivity index (χ0n) is 15.9. The fourth-order valence-electron chi connectivity index (χ4n) is 2.88. The van der Waals surface area contributed by atoms with E-state index in [1.54, 1.807) is 0 Å². The fourth-order valence-corrected chi connectivity index (χ4v) is 2.88. The first-order valence-electron chi connectivity index (χ1n) is 9.03. The van der Waals surface area contributed by atoms with Gasteiger partial charge in [0.2, 0.25) is 12.3 Å². The number of fused-ring (bicyclic) bond motifs is 1. The first-order valence-corrected chi connectivity index (χ1v) is 9.03. The summed E-state index contributed by atoms with van der Waals surface area (Å²) >= 11 is 0. The van der Waals surface area contributed by atoms with Gasteiger partial charge in [-0.1, -0.05) is 32.3 Å². The van der Waals surface area contributed by atoms with Gasteiger partial charge in [0.25, 0.3) is 5.95 Å². The van der Waals surface area contributed by atoms with Crippen LogP contribution < -0.4 is 10.9 Å². The lowest BCUT2D eigenvalue weighted by molar-refractivity contribution is -0.154. The van der Waals surface area contributed by atoms with Crippen molar-refractivity contribution in [2.75, 3.05) is 12.0 Å². The number of aryl methyl sites for hydroxylation is 2. The number of nitrogens with zero attached hydrogens (tertiary/aromatic N) is 4. The average Bonchev–Trinajstić information content (AvgIpc) is 2.65. The Labute approximate surface area is 158 Å². The summed E-state index contributed by atoms with van der Waals surface area (Å²) in [5.74, 6) is -0.722. The van der Waals surface area contributed by atoms with Crippen molar-refractivity contribution >= 4 is 29.3 Å². The maximum atomic E-state index is 12.4. The summed E-state index contributed by atoms with van der Waals surface area (Å²) in [4.78, 5) is 27.5. The van der Waals surface area contributed by atoms with Crippen molar-refractivity contribution < 1.29 is 14.8 Å². The molecule has 1 atom stereocenters. The van der Waals surface area contributed by atoms with Crippen LogP contribution in [0.15, 0.2) is 12.1 Å². The number of amides is 2. The first kappa shape index (κ1) is 20.5. The largest absolute Gasteiger partial charge is 0.286 e. The number of unbranched alkanes of at least 4 members (excludes halogenated alkanes) is 2. The Bertz CT molecular complexity index is 798. The van der Waals surface area contributed by atoms with Crippen LogP contribution in [0.25, 0.3) is 11.0 Å². The van der Waals surface area contributed by atoms with Gasteiger partial charge in [-0.2, -0.15) is 0 Å². The van der Waals surface area contributed by atoms with Crippen molar-refractivity contribution in [2.45, 2.75) is 46.5 Å². The zero-order chi connectivity index (χ0) is 19.8. The van der Waals surface area contributed by atoms with Crippen LogP contribution in [0.2, 0.25) is 0 Å². The minimum atomic E-state index is -0.544. The van der Waals surface area contributed by atoms with Crippen molar-refractivity contribution in [3.05, 3.63) is 23.3 Å². The maximum absolute atomic E-state index is 12.4. The monoisotopic (exact) mass is 374 g/mol. The molecule has 0 spiro atoms. The molecule has 0 saturated heterocycles. The Morgan fingerprint density at radius 2 is 2.07 bits per heavy atom. The van der Waals surface area contributed by atoms with E-state index in [1.165, 1.54) is 0 Å². The topological polar surface area (TPSA) is 120 Å². The minimum absolute atomic E-state index is 0.0735. The Hall–Kier alpha value is -2.81. The van der Waals surface area contributed by atoms with Crippen molar-refractivity contribution in [3.8, 4) is 0 Å². The van der Waals surface area contributed by atoms with Crippen LogP contribution in [0.5, 0.6) is 0 Å². The number of hydrogen-bond acceptors (Lipinski definition) is 7. The second-order valence-corrected chi connectivity index (χ2v) is 6.62. The second-order valence-electron chi connectivity index (χ2n) is 6.62. The number of anilines is 1. The van der Waals surface area contributed by atoms with Gasteiger partial charge in [-0.15, -0.1) is 10.2 Å². The third-order valence-electron chi connectivity index (χ3n) is 4.25. The van der Waals surface area contributed by atoms with E-state index in [2.05, 4.69) is 33.0 Å². The van der Waals surface area contributed by atoms with Gasteiger partial charge in [0.05, 0.1) is 18.0 Å². The van der Waals surface area contributed by atoms with Gasteiger partial charge in [0.15, 0.2) is 0 Å². The van der Waals surface area contributed by atoms with E-state index >= 15 is 0 Å². The van der Waals surface area contributed by atoms with Crippen LogP contribution in [0, 0.1) is 19.8 Å². The lowest BCUT2D eigenvalue weighted by Gasteiger charge is -2.19. The van der Waals surface area contributed by atoms with Crippen molar-refractivity contribution in [2.24, 2.45) is 5.92 Å². The highest BCUT2D eigenvalue weighted by molar-refractivity contribution is 5.81. The Morgan fingerprint density at radius 1 is 1.30 bits per heavy atom. The molecular formula is C18H26N6O3. The van der Waals surface area contributed by atoms with Crippen LogP contribution in [-0.4, -0.2) is 44.3 Å². The Morgan fingerprint density at radius 3 is 2.78 bits per heavy atom. The van der Waals surface area contributed by atoms with Gasteiger partial charge < -0.3 is 0 Å². The van der Waals surface area contributed by atoms with Gasteiger partial charge in [0, 0.05) is 0 Å². The summed E-state index contributed by atoms with van der Waals surface area (Å²) in [6, 6.07) is 3.89. The normalized spacial score (nSPS) is 11.9. The molecule has 2 amide bonds. The number of nitrogens with one attached hydrogen (secondary N) is 2. The third-order valence-corrected chi connectivity index (χ3v) is 4.25. The van der Waals surface area contributed by atoms with Crippen molar-refractivity contribution in [3.63, 3.8) is 0 Å². The van der Waals surface area contributed by atoms with Crippen molar-refractivity contribution in [1.29, 1.82) is 0 Å². The van der Waals surface area contributed by atoms with E-state index in [9.17, 15) is 14.8 Å². The summed E-state index contributed by atoms with van der Waals surface area (Å²) in [5, 5.41) is 18.0. The van der Waals surface area contributed by atoms with Gasteiger partial charge in [-0.05, 0) is 37.5 Å². The smallest absolute Gasteiger partial charge is 0.262 e. The molecule has 1 heterocycles. The van der Waals surface area contributed by atoms with E-state index in [4.69, 9.17) is 0 Å². The van der Waals surface area contributed by atoms with E-state index in [0.29, 0.717) is 22.5 Å². The molecule has 3 N–H and O–H groups in total. The molecule has 9 nitrogen and oxygen atoms in total. The molecule has 0 fully saturated rings. The third kappa shape index (κ3) is 5.85. The van der Waals surface area contributed by atoms with Crippen LogP contribution in [-0.2, 0) is 9.59 Å². The molecule has 27 heavy (non-hydrogen) atoms. The van der Waals surface area contributed by atoms with E-state index in [0.717, 1.165) is 30.4 Å². The molecule has 0 aliphatic carbocycles. The molecule has 2 rings (SSSR count). The molecule has 0 unspecified atom stereocenters. The van der Waals surface area contributed by atoms with Crippen LogP contribution >= 0.6 is 0 Å². The van der Waals surface area contributed by atoms with Gasteiger partial charge in [-0.25, -0.2) is 10.0 Å². The number of hydrogen-bond donors (Lipinski definition) is 3. The zero-order valence-corrected chi connectivity index (χ0v) is 15.9. The Balaban J connectivity index is 2.04. The number of benzene rings is 1. The number of hydroxylamine groups is 2. The van der Waals surface area contributed by atoms with Crippen molar-refractivity contribution in [1.82, 2.24) is 25.7 Å². The SMILES string of the molecule is CCCCC[C@H](CN(O)C=O)C(=O)NNc1nnc2cc(C)cc(C)c2n1. The lowest BCUT2D eigenvalue weighted by Crippen LogP contribution is -2.40. The number of rotatable bonds is 10. The molecule has 2 aromatic rings. The quantitative estimate of drug-likeness (QED) is 0.252. The highest BCUT2D eigenvalue weighted by atomic mass is 16.5. The van der Waals surface area contributed by atoms with Crippen LogP contribution in [0.4, 0.5) is 5.95 Å². The van der Waals surface area contributed by atoms with Crippen LogP contribution in [0.3, 0.4) is 0 Å². The van der Waals surface area contributed by atoms with Gasteiger partial charge >= 0.3 is 0 Å². The number of hydrazine groups is 1. The maximum Gasteiger partial charge on any atom is 0.262 e. The highest BCUT2D eigenvalue weighted by Gasteiger charge is 2.21. The summed E-state index contributed by atoms with van der Waals surface area (Å²) in [5.41, 5.74) is 8.64. The van der Waals surface area contributed by atoms with Gasteiger partial charge in [-0.3, -0.25) is 25.6 Å². The standard InChI is InChI=1S/C18H26N6O3/c1-4-5-6-7-14(10-24(27)11-25)17(26)21-23-18-19-16-13(3)8-12(2)9-15(16)20-22-18/h8-9,11,14,27H,4-7,10H2,1-3H3,(H,21,26)(H,19,22,23)/t14-/m1/s1. The number of carbonyl (C=O) groups excluding carboxylic acids is 2. The molecule has 0 saturated carbocycles. The minimum Gasteiger partial charge on any atom is -0.286 e. The van der Waals surface area contributed by atoms with Gasteiger partial charge in [0.1, 0.15) is 5.52 Å². The van der Waals surface area contributed by atoms with E-state index < -0.39 is 5.92 Å². The summed E-state index contributed by atoms with van der Waals surface area (Å²) in [6.45, 7) is 5.90. The molecule has 1 aromatic heterocycles. The molecule has 0 radical (unpaired) electrons. The molecule has 1 aromatic carbocycles. The first-order chi connectivity index (χ1) is 12.9. The molecule has 9 heteroatoms. The highest BCUT2D eigenvalue weighted by Crippen LogP contribution is 2.17. The number of aromatic nitrogens is 3. The Kier molecular flexibility index (Phi) is 7.42. The molecule has 0 aliphatic rings. The average molecular weight is 374 g/mol. The number of carbonyl (C=O) groups is 2. The molecule has 146 valence electrons. The molecule has 0 aliphatic heterocycles. The summed E-state index contributed by atoms with van der Waals surface area (Å²) in [6.07, 6.45) is 3.66. The summed E-state index contributed by atoms with van der Waals surface area (Å²) < 4.78 is 0. The fraction of sp³-hybridized carbons (Fsp3) is 0.500. The van der Waals surface area contributed by atoms with E-state index in [1.807, 2.05) is 26.0 Å². The second kappa shape index (κ2) is 9.77. The predicted molar refractivity (Wildman–Crippen MR) is 101 cm³/mol.